The third-order valence-corrected chi connectivity index (χ3v) is 1.53. The van der Waals surface area contributed by atoms with Gasteiger partial charge < -0.3 is 5.11 Å². The number of rotatable bonds is 2. The summed E-state index contributed by atoms with van der Waals surface area (Å²) in [6.45, 7) is 0. The molecule has 54 valence electrons. The molecule has 0 bridgehead atoms. The molecular weight excluding hydrogens is 150 g/mol. The summed E-state index contributed by atoms with van der Waals surface area (Å²) in [5.41, 5.74) is 0.810. The molecule has 0 saturated carbocycles. The molecule has 0 spiro atoms. The van der Waals surface area contributed by atoms with Crippen LogP contribution in [0.15, 0.2) is 24.5 Å². The van der Waals surface area contributed by atoms with E-state index in [0.29, 0.717) is 0 Å². The van der Waals surface area contributed by atoms with E-state index in [1.807, 2.05) is 0 Å². The molecule has 2 nitrogen and oxygen atoms in total. The van der Waals surface area contributed by atoms with Gasteiger partial charge >= 0.3 is 0 Å². The monoisotopic (exact) mass is 157 g/mol. The molecule has 0 fully saturated rings. The molecule has 0 unspecified atom stereocenters. The zero-order valence-corrected chi connectivity index (χ0v) is 6.12. The number of pyridine rings is 1. The van der Waals surface area contributed by atoms with Gasteiger partial charge in [-0.05, 0) is 17.7 Å². The third kappa shape index (κ3) is 1.69. The highest BCUT2D eigenvalue weighted by molar-refractivity contribution is 6.18. The topological polar surface area (TPSA) is 33.1 Å². The van der Waals surface area contributed by atoms with Crippen LogP contribution in [0.4, 0.5) is 0 Å². The van der Waals surface area contributed by atoms with Crippen molar-refractivity contribution < 1.29 is 5.11 Å². The van der Waals surface area contributed by atoms with Crippen molar-refractivity contribution in [3.8, 4) is 0 Å². The van der Waals surface area contributed by atoms with E-state index < -0.39 is 6.10 Å². The van der Waals surface area contributed by atoms with Crippen molar-refractivity contribution in [1.82, 2.24) is 4.98 Å². The molecule has 0 aliphatic rings. The zero-order valence-electron chi connectivity index (χ0n) is 5.37. The molecule has 1 aromatic heterocycles. The summed E-state index contributed by atoms with van der Waals surface area (Å²) in [5, 5.41) is 9.17. The third-order valence-electron chi connectivity index (χ3n) is 1.24. The van der Waals surface area contributed by atoms with Crippen LogP contribution in [0.25, 0.3) is 0 Å². The van der Waals surface area contributed by atoms with Gasteiger partial charge in [-0.3, -0.25) is 4.98 Å². The average Bonchev–Trinajstić information content (AvgIpc) is 2.05. The van der Waals surface area contributed by atoms with Gasteiger partial charge in [-0.15, -0.1) is 11.6 Å². The number of aliphatic hydroxyl groups excluding tert-OH is 1. The van der Waals surface area contributed by atoms with Gasteiger partial charge in [0.1, 0.15) is 0 Å². The highest BCUT2D eigenvalue weighted by Gasteiger charge is 2.02. The Bertz CT molecular complexity index is 190. The van der Waals surface area contributed by atoms with E-state index in [2.05, 4.69) is 4.98 Å². The summed E-state index contributed by atoms with van der Waals surface area (Å²) in [7, 11) is 0. The molecule has 0 radical (unpaired) electrons. The van der Waals surface area contributed by atoms with Crippen LogP contribution in [0.1, 0.15) is 11.7 Å². The molecule has 3 heteroatoms. The first-order valence-corrected chi connectivity index (χ1v) is 3.52. The van der Waals surface area contributed by atoms with Crippen molar-refractivity contribution in [1.29, 1.82) is 0 Å². The van der Waals surface area contributed by atoms with Crippen LogP contribution >= 0.6 is 11.6 Å². The van der Waals surface area contributed by atoms with E-state index in [1.54, 1.807) is 24.5 Å². The van der Waals surface area contributed by atoms with Crippen LogP contribution in [-0.4, -0.2) is 16.0 Å². The van der Waals surface area contributed by atoms with Gasteiger partial charge in [0.2, 0.25) is 0 Å². The van der Waals surface area contributed by atoms with Crippen molar-refractivity contribution in [2.75, 3.05) is 5.88 Å². The van der Waals surface area contributed by atoms with Crippen LogP contribution in [0.5, 0.6) is 0 Å². The molecular formula is C7H8ClNO. The van der Waals surface area contributed by atoms with Crippen molar-refractivity contribution in [3.05, 3.63) is 30.1 Å². The Morgan fingerprint density at radius 2 is 2.10 bits per heavy atom. The van der Waals surface area contributed by atoms with Crippen LogP contribution in [0.3, 0.4) is 0 Å². The molecule has 1 N–H and O–H groups in total. The second kappa shape index (κ2) is 3.54. The van der Waals surface area contributed by atoms with Crippen LogP contribution in [0.2, 0.25) is 0 Å². The highest BCUT2D eigenvalue weighted by Crippen LogP contribution is 2.11. The minimum atomic E-state index is -0.565. The molecule has 1 atom stereocenters. The predicted molar refractivity (Wildman–Crippen MR) is 39.9 cm³/mol. The Labute approximate surface area is 64.5 Å². The van der Waals surface area contributed by atoms with Crippen LogP contribution < -0.4 is 0 Å². The van der Waals surface area contributed by atoms with Crippen LogP contribution in [0, 0.1) is 0 Å². The minimum Gasteiger partial charge on any atom is -0.387 e. The van der Waals surface area contributed by atoms with Gasteiger partial charge in [-0.25, -0.2) is 0 Å². The Balaban J connectivity index is 2.75. The quantitative estimate of drug-likeness (QED) is 0.658. The van der Waals surface area contributed by atoms with Crippen molar-refractivity contribution >= 4 is 11.6 Å². The van der Waals surface area contributed by atoms with E-state index in [9.17, 15) is 0 Å². The lowest BCUT2D eigenvalue weighted by molar-refractivity contribution is 0.202. The maximum atomic E-state index is 9.17. The van der Waals surface area contributed by atoms with E-state index in [4.69, 9.17) is 16.7 Å². The lowest BCUT2D eigenvalue weighted by atomic mass is 10.2. The molecule has 0 aromatic carbocycles. The van der Waals surface area contributed by atoms with Gasteiger partial charge in [-0.1, -0.05) is 0 Å². The molecule has 1 heterocycles. The lowest BCUT2D eigenvalue weighted by Gasteiger charge is -2.04. The lowest BCUT2D eigenvalue weighted by Crippen LogP contribution is -1.97. The van der Waals surface area contributed by atoms with Gasteiger partial charge in [0.15, 0.2) is 0 Å². The molecule has 0 aliphatic carbocycles. The maximum Gasteiger partial charge on any atom is 0.0926 e. The van der Waals surface area contributed by atoms with E-state index in [0.717, 1.165) is 5.56 Å². The summed E-state index contributed by atoms with van der Waals surface area (Å²) in [4.78, 5) is 3.81. The summed E-state index contributed by atoms with van der Waals surface area (Å²) >= 11 is 5.42. The average molecular weight is 158 g/mol. The van der Waals surface area contributed by atoms with Gasteiger partial charge in [-0.2, -0.15) is 0 Å². The smallest absolute Gasteiger partial charge is 0.0926 e. The Kier molecular flexibility index (Phi) is 2.66. The predicted octanol–water partition coefficient (Wildman–Crippen LogP) is 1.35. The van der Waals surface area contributed by atoms with Crippen molar-refractivity contribution in [2.24, 2.45) is 0 Å². The van der Waals surface area contributed by atoms with E-state index in [1.165, 1.54) is 0 Å². The summed E-state index contributed by atoms with van der Waals surface area (Å²) < 4.78 is 0. The first-order valence-electron chi connectivity index (χ1n) is 2.98. The first-order chi connectivity index (χ1) is 4.84. The number of alkyl halides is 1. The summed E-state index contributed by atoms with van der Waals surface area (Å²) in [6, 6.07) is 3.49. The van der Waals surface area contributed by atoms with Crippen molar-refractivity contribution in [3.63, 3.8) is 0 Å². The number of halogens is 1. The standard InChI is InChI=1S/C7H8ClNO/c8-5-7(10)6-1-3-9-4-2-6/h1-4,7,10H,5H2/t7-/m0/s1. The van der Waals surface area contributed by atoms with Gasteiger partial charge in [0, 0.05) is 12.4 Å². The SMILES string of the molecule is O[C@@H](CCl)c1ccncc1. The molecule has 0 aliphatic heterocycles. The normalized spacial score (nSPS) is 13.0. The fourth-order valence-electron chi connectivity index (χ4n) is 0.675. The van der Waals surface area contributed by atoms with Gasteiger partial charge in [0.05, 0.1) is 12.0 Å². The molecule has 10 heavy (non-hydrogen) atoms. The summed E-state index contributed by atoms with van der Waals surface area (Å²) in [5.74, 6) is 0.226. The fraction of sp³-hybridized carbons (Fsp3) is 0.286. The van der Waals surface area contributed by atoms with Crippen molar-refractivity contribution in [2.45, 2.75) is 6.10 Å². The zero-order chi connectivity index (χ0) is 7.40. The molecule has 1 rings (SSSR count). The number of hydrogen-bond donors (Lipinski definition) is 1. The molecule has 0 amide bonds. The van der Waals surface area contributed by atoms with Crippen LogP contribution in [-0.2, 0) is 0 Å². The molecule has 1 aromatic rings. The number of nitrogens with zero attached hydrogens (tertiary/aromatic N) is 1. The highest BCUT2D eigenvalue weighted by atomic mass is 35.5. The van der Waals surface area contributed by atoms with E-state index in [-0.39, 0.29) is 5.88 Å². The largest absolute Gasteiger partial charge is 0.387 e. The Hall–Kier alpha value is -0.600. The number of aliphatic hydroxyl groups is 1. The number of hydrogen-bond acceptors (Lipinski definition) is 2. The first kappa shape index (κ1) is 7.51. The summed E-state index contributed by atoms with van der Waals surface area (Å²) in [6.07, 6.45) is 2.69. The Morgan fingerprint density at radius 1 is 1.50 bits per heavy atom. The molecule has 0 saturated heterocycles. The van der Waals surface area contributed by atoms with Gasteiger partial charge in [0.25, 0.3) is 0 Å². The maximum absolute atomic E-state index is 9.17. The second-order valence-corrected chi connectivity index (χ2v) is 2.26. The second-order valence-electron chi connectivity index (χ2n) is 1.95. The fourth-order valence-corrected chi connectivity index (χ4v) is 0.853. The Morgan fingerprint density at radius 3 is 2.60 bits per heavy atom. The minimum absolute atomic E-state index is 0.226. The number of aromatic nitrogens is 1. The van der Waals surface area contributed by atoms with E-state index >= 15 is 0 Å².